The predicted molar refractivity (Wildman–Crippen MR) is 77.5 cm³/mol. The molecule has 12 heteroatoms. The van der Waals surface area contributed by atoms with Crippen molar-refractivity contribution in [2.24, 2.45) is 5.11 Å². The molecule has 0 N–H and O–H groups in total. The number of rotatable bonds is 5. The Labute approximate surface area is 137 Å². The van der Waals surface area contributed by atoms with E-state index in [-0.39, 0.29) is 17.0 Å². The van der Waals surface area contributed by atoms with Crippen molar-refractivity contribution in [1.82, 2.24) is 9.19 Å². The molecule has 0 bridgehead atoms. The summed E-state index contributed by atoms with van der Waals surface area (Å²) in [5.41, 5.74) is 7.82. The molecule has 1 aromatic carbocycles. The molecule has 24 heavy (non-hydrogen) atoms. The summed E-state index contributed by atoms with van der Waals surface area (Å²) in [5.74, 6) is -1.65. The van der Waals surface area contributed by atoms with Crippen LogP contribution >= 0.6 is 12.8 Å². The summed E-state index contributed by atoms with van der Waals surface area (Å²) in [6, 6.07) is 4.77. The summed E-state index contributed by atoms with van der Waals surface area (Å²) in [6.45, 7) is -0.473. The summed E-state index contributed by atoms with van der Waals surface area (Å²) in [4.78, 5) is 14.1. The Kier molecular flexibility index (Phi) is 5.21. The molecule has 1 heterocycles. The minimum absolute atomic E-state index is 0.0639. The van der Waals surface area contributed by atoms with Crippen molar-refractivity contribution in [3.8, 4) is 11.6 Å². The Balaban J connectivity index is 2.38. The zero-order chi connectivity index (χ0) is 17.7. The van der Waals surface area contributed by atoms with Crippen LogP contribution in [0.15, 0.2) is 35.6 Å². The maximum atomic E-state index is 12.5. The molecule has 0 saturated carbocycles. The van der Waals surface area contributed by atoms with Crippen molar-refractivity contribution in [3.63, 3.8) is 0 Å². The molecule has 1 aromatic heterocycles. The second-order valence-electron chi connectivity index (χ2n) is 4.19. The first kappa shape index (κ1) is 17.5. The van der Waals surface area contributed by atoms with Crippen LogP contribution in [0, 0.1) is 0 Å². The average molecular weight is 359 g/mol. The number of carbonyl (C=O) groups is 1. The third-order valence-corrected chi connectivity index (χ3v) is 2.86. The molecule has 0 aliphatic rings. The second kappa shape index (κ2) is 7.15. The van der Waals surface area contributed by atoms with Gasteiger partial charge >= 0.3 is 6.36 Å². The van der Waals surface area contributed by atoms with Crippen LogP contribution in [0.5, 0.6) is 11.6 Å². The van der Waals surface area contributed by atoms with Gasteiger partial charge in [-0.2, -0.15) is 0 Å². The second-order valence-corrected chi connectivity index (χ2v) is 4.60. The fourth-order valence-corrected chi connectivity index (χ4v) is 1.91. The zero-order valence-electron chi connectivity index (χ0n) is 11.6. The van der Waals surface area contributed by atoms with Crippen LogP contribution in [-0.4, -0.2) is 21.5 Å². The van der Waals surface area contributed by atoms with Gasteiger partial charge in [0.1, 0.15) is 12.4 Å². The first-order valence-corrected chi connectivity index (χ1v) is 6.55. The lowest BCUT2D eigenvalue weighted by molar-refractivity contribution is -0.275. The molecule has 1 amide bonds. The van der Waals surface area contributed by atoms with Crippen molar-refractivity contribution in [2.45, 2.75) is 13.0 Å². The highest BCUT2D eigenvalue weighted by Gasteiger charge is 2.33. The van der Waals surface area contributed by atoms with Crippen LogP contribution in [0.4, 0.5) is 13.2 Å². The third kappa shape index (κ3) is 4.57. The number of nitrogens with zero attached hydrogens (tertiary/aromatic N) is 5. The van der Waals surface area contributed by atoms with E-state index in [1.54, 1.807) is 0 Å². The minimum Gasteiger partial charge on any atom is -0.472 e. The van der Waals surface area contributed by atoms with Crippen LogP contribution < -0.4 is 9.47 Å². The fraction of sp³-hybridized carbons (Fsp3) is 0.167. The van der Waals surface area contributed by atoms with Gasteiger partial charge in [0, 0.05) is 28.3 Å². The Morgan fingerprint density at radius 1 is 1.42 bits per heavy atom. The standard InChI is InChI=1S/C12H8F3N5O3S/c13-12(14,15)23-9-3-1-2-7(11(21)17-19-16)8(9)6-22-10-4-5-20(24)18-10/h1-5,24H,6H2. The Morgan fingerprint density at radius 2 is 2.17 bits per heavy atom. The Morgan fingerprint density at radius 3 is 2.75 bits per heavy atom. The predicted octanol–water partition coefficient (Wildman–Crippen LogP) is 3.50. The van der Waals surface area contributed by atoms with Gasteiger partial charge in [-0.25, -0.2) is 4.09 Å². The van der Waals surface area contributed by atoms with Crippen LogP contribution in [0.3, 0.4) is 0 Å². The van der Waals surface area contributed by atoms with Crippen molar-refractivity contribution < 1.29 is 27.4 Å². The molecule has 0 unspecified atom stereocenters. The Bertz CT molecular complexity index is 801. The maximum absolute atomic E-state index is 12.5. The van der Waals surface area contributed by atoms with E-state index in [9.17, 15) is 18.0 Å². The number of thiol groups is 1. The molecule has 0 radical (unpaired) electrons. The molecular formula is C12H8F3N5O3S. The first-order chi connectivity index (χ1) is 11.3. The monoisotopic (exact) mass is 359 g/mol. The lowest BCUT2D eigenvalue weighted by Gasteiger charge is -2.15. The SMILES string of the molecule is [N-]=[N+]=NC(=O)c1cccc(OC(F)(F)F)c1COc1ccn(S)n1. The van der Waals surface area contributed by atoms with Gasteiger partial charge in [-0.1, -0.05) is 12.1 Å². The van der Waals surface area contributed by atoms with Gasteiger partial charge in [0.15, 0.2) is 0 Å². The molecule has 0 aliphatic carbocycles. The van der Waals surface area contributed by atoms with E-state index in [4.69, 9.17) is 10.3 Å². The first-order valence-electron chi connectivity index (χ1n) is 6.15. The van der Waals surface area contributed by atoms with E-state index in [0.29, 0.717) is 0 Å². The topological polar surface area (TPSA) is 102 Å². The number of carbonyl (C=O) groups excluding carboxylic acids is 1. The molecule has 0 atom stereocenters. The lowest BCUT2D eigenvalue weighted by atomic mass is 10.1. The number of hydrogen-bond acceptors (Lipinski definition) is 5. The highest BCUT2D eigenvalue weighted by Crippen LogP contribution is 2.30. The van der Waals surface area contributed by atoms with Crippen molar-refractivity contribution in [2.75, 3.05) is 0 Å². The largest absolute Gasteiger partial charge is 0.573 e. The molecule has 8 nitrogen and oxygen atoms in total. The smallest absolute Gasteiger partial charge is 0.472 e. The summed E-state index contributed by atoms with van der Waals surface area (Å²) < 4.78 is 47.8. The highest BCUT2D eigenvalue weighted by atomic mass is 32.1. The minimum atomic E-state index is -4.97. The van der Waals surface area contributed by atoms with Gasteiger partial charge in [-0.05, 0) is 29.5 Å². The third-order valence-electron chi connectivity index (χ3n) is 2.64. The quantitative estimate of drug-likeness (QED) is 0.382. The van der Waals surface area contributed by atoms with E-state index in [1.165, 1.54) is 18.3 Å². The summed E-state index contributed by atoms with van der Waals surface area (Å²) in [6.07, 6.45) is -3.54. The van der Waals surface area contributed by atoms with Crippen molar-refractivity contribution >= 4 is 18.7 Å². The fourth-order valence-electron chi connectivity index (χ4n) is 1.75. The van der Waals surface area contributed by atoms with Crippen LogP contribution in [0.25, 0.3) is 10.4 Å². The summed E-state index contributed by atoms with van der Waals surface area (Å²) >= 11 is 3.89. The number of halogens is 3. The molecule has 0 fully saturated rings. The van der Waals surface area contributed by atoms with E-state index in [2.05, 4.69) is 32.7 Å². The van der Waals surface area contributed by atoms with E-state index >= 15 is 0 Å². The summed E-state index contributed by atoms with van der Waals surface area (Å²) in [7, 11) is 0. The van der Waals surface area contributed by atoms with E-state index in [1.807, 2.05) is 0 Å². The van der Waals surface area contributed by atoms with Gasteiger partial charge in [-0.3, -0.25) is 4.79 Å². The number of azide groups is 1. The van der Waals surface area contributed by atoms with Crippen LogP contribution in [-0.2, 0) is 6.61 Å². The molecule has 0 spiro atoms. The molecule has 2 rings (SSSR count). The Hall–Kier alpha value is -2.85. The molecular weight excluding hydrogens is 351 g/mol. The number of aromatic nitrogens is 2. The number of alkyl halides is 3. The highest BCUT2D eigenvalue weighted by molar-refractivity contribution is 7.78. The van der Waals surface area contributed by atoms with Crippen LogP contribution in [0.2, 0.25) is 0 Å². The number of ether oxygens (including phenoxy) is 2. The summed E-state index contributed by atoms with van der Waals surface area (Å²) in [5, 5.41) is 6.64. The van der Waals surface area contributed by atoms with E-state index < -0.39 is 24.6 Å². The molecule has 2 aromatic rings. The molecule has 0 saturated heterocycles. The van der Waals surface area contributed by atoms with Crippen molar-refractivity contribution in [3.05, 3.63) is 52.0 Å². The lowest BCUT2D eigenvalue weighted by Crippen LogP contribution is -2.19. The number of amides is 1. The van der Waals surface area contributed by atoms with Gasteiger partial charge in [0.2, 0.25) is 11.8 Å². The van der Waals surface area contributed by atoms with Gasteiger partial charge < -0.3 is 9.47 Å². The normalized spacial score (nSPS) is 10.8. The van der Waals surface area contributed by atoms with Crippen molar-refractivity contribution in [1.29, 1.82) is 0 Å². The van der Waals surface area contributed by atoms with Gasteiger partial charge in [0.25, 0.3) is 0 Å². The molecule has 0 aliphatic heterocycles. The molecule has 126 valence electrons. The number of benzene rings is 1. The van der Waals surface area contributed by atoms with E-state index in [0.717, 1.165) is 16.2 Å². The zero-order valence-corrected chi connectivity index (χ0v) is 12.5. The van der Waals surface area contributed by atoms with Gasteiger partial charge in [-0.15, -0.1) is 18.3 Å². The maximum Gasteiger partial charge on any atom is 0.573 e. The number of hydrogen-bond donors (Lipinski definition) is 1. The van der Waals surface area contributed by atoms with Crippen LogP contribution in [0.1, 0.15) is 15.9 Å². The van der Waals surface area contributed by atoms with Gasteiger partial charge in [0.05, 0.1) is 0 Å². The average Bonchev–Trinajstić information content (AvgIpc) is 2.90.